The summed E-state index contributed by atoms with van der Waals surface area (Å²) in [7, 11) is 0. The number of nitrogens with zero attached hydrogens (tertiary/aromatic N) is 3. The quantitative estimate of drug-likeness (QED) is 0.474. The lowest BCUT2D eigenvalue weighted by Gasteiger charge is -2.42. The summed E-state index contributed by atoms with van der Waals surface area (Å²) in [5.74, 6) is -0.759. The molecule has 2 heterocycles. The molecule has 1 amide bonds. The molecule has 1 saturated carbocycles. The molecule has 1 saturated heterocycles. The fourth-order valence-corrected chi connectivity index (χ4v) is 5.03. The molecule has 1 aromatic rings. The number of oxime groups is 1. The lowest BCUT2D eigenvalue weighted by molar-refractivity contribution is -0.113. The smallest absolute Gasteiger partial charge is 0.281 e. The van der Waals surface area contributed by atoms with E-state index in [-0.39, 0.29) is 17.7 Å². The Labute approximate surface area is 165 Å². The molecule has 150 valence electrons. The van der Waals surface area contributed by atoms with Crippen molar-refractivity contribution in [1.82, 2.24) is 4.90 Å². The van der Waals surface area contributed by atoms with Gasteiger partial charge in [0.1, 0.15) is 5.82 Å². The van der Waals surface area contributed by atoms with Gasteiger partial charge in [-0.2, -0.15) is 0 Å². The van der Waals surface area contributed by atoms with Gasteiger partial charge in [-0.05, 0) is 70.6 Å². The van der Waals surface area contributed by atoms with Crippen molar-refractivity contribution in [3.63, 3.8) is 0 Å². The number of benzene rings is 1. The molecule has 0 atom stereocenters. The van der Waals surface area contributed by atoms with Crippen LogP contribution < -0.4 is 4.90 Å². The number of rotatable bonds is 2. The van der Waals surface area contributed by atoms with Gasteiger partial charge < -0.3 is 15.0 Å². The van der Waals surface area contributed by atoms with E-state index < -0.39 is 5.82 Å². The topological polar surface area (TPSA) is 56.1 Å². The summed E-state index contributed by atoms with van der Waals surface area (Å²) in [5.41, 5.74) is 4.08. The van der Waals surface area contributed by atoms with Crippen LogP contribution in [0.25, 0.3) is 0 Å². The molecule has 0 radical (unpaired) electrons. The zero-order chi connectivity index (χ0) is 19.8. The van der Waals surface area contributed by atoms with E-state index in [9.17, 15) is 14.4 Å². The Morgan fingerprint density at radius 3 is 2.39 bits per heavy atom. The second kappa shape index (κ2) is 7.66. The van der Waals surface area contributed by atoms with E-state index in [2.05, 4.69) is 23.9 Å². The van der Waals surface area contributed by atoms with Gasteiger partial charge in [-0.3, -0.25) is 4.79 Å². The van der Waals surface area contributed by atoms with Crippen molar-refractivity contribution in [3.05, 3.63) is 40.7 Å². The number of hydrogen-bond donors (Lipinski definition) is 1. The van der Waals surface area contributed by atoms with Crippen LogP contribution in [-0.2, 0) is 4.79 Å². The molecule has 0 spiro atoms. The first-order valence-electron chi connectivity index (χ1n) is 10.2. The molecule has 1 aromatic carbocycles. The number of piperidine rings is 1. The first-order valence-corrected chi connectivity index (χ1v) is 10.2. The van der Waals surface area contributed by atoms with Gasteiger partial charge in [-0.25, -0.2) is 4.39 Å². The fraction of sp³-hybridized carbons (Fsp3) is 0.545. The van der Waals surface area contributed by atoms with Crippen LogP contribution in [0.5, 0.6) is 0 Å². The highest BCUT2D eigenvalue weighted by atomic mass is 19.1. The molecule has 5 nitrogen and oxygen atoms in total. The van der Waals surface area contributed by atoms with Crippen LogP contribution in [-0.4, -0.2) is 46.9 Å². The monoisotopic (exact) mass is 385 g/mol. The standard InChI is InChI=1S/C22H28FN3O2/c1-14(2)15-3-6-17(7-4-15)25-11-9-18(10-12-25)26-20-8-5-16(23)13-19(20)21(24-28)22(26)27/h5,8,13,17-18,28H,3-4,6-7,9-12H2,1-2H3/b24-21-. The molecule has 0 bridgehead atoms. The van der Waals surface area contributed by atoms with E-state index in [4.69, 9.17) is 0 Å². The first-order chi connectivity index (χ1) is 13.5. The predicted octanol–water partition coefficient (Wildman–Crippen LogP) is 4.09. The van der Waals surface area contributed by atoms with Crippen LogP contribution >= 0.6 is 0 Å². The number of fused-ring (bicyclic) bond motifs is 1. The third-order valence-corrected chi connectivity index (χ3v) is 6.64. The Morgan fingerprint density at radius 1 is 1.11 bits per heavy atom. The molecule has 0 aromatic heterocycles. The summed E-state index contributed by atoms with van der Waals surface area (Å²) < 4.78 is 13.6. The van der Waals surface area contributed by atoms with Gasteiger partial charge in [0.2, 0.25) is 0 Å². The van der Waals surface area contributed by atoms with Crippen LogP contribution in [0.3, 0.4) is 0 Å². The summed E-state index contributed by atoms with van der Waals surface area (Å²) in [4.78, 5) is 17.1. The van der Waals surface area contributed by atoms with Crippen molar-refractivity contribution in [3.8, 4) is 0 Å². The average molecular weight is 385 g/mol. The Balaban J connectivity index is 1.43. The van der Waals surface area contributed by atoms with Gasteiger partial charge in [-0.15, -0.1) is 0 Å². The van der Waals surface area contributed by atoms with Gasteiger partial charge in [0.25, 0.3) is 5.91 Å². The zero-order valence-electron chi connectivity index (χ0n) is 16.6. The summed E-state index contributed by atoms with van der Waals surface area (Å²) in [6.07, 6.45) is 6.61. The van der Waals surface area contributed by atoms with Crippen molar-refractivity contribution in [1.29, 1.82) is 0 Å². The van der Waals surface area contributed by atoms with Gasteiger partial charge in [0.15, 0.2) is 5.71 Å². The van der Waals surface area contributed by atoms with Crippen LogP contribution in [0.1, 0.15) is 57.9 Å². The molecule has 2 aliphatic heterocycles. The first kappa shape index (κ1) is 19.1. The van der Waals surface area contributed by atoms with Gasteiger partial charge in [0.05, 0.1) is 5.69 Å². The van der Waals surface area contributed by atoms with E-state index in [0.717, 1.165) is 25.9 Å². The van der Waals surface area contributed by atoms with Gasteiger partial charge in [-0.1, -0.05) is 16.3 Å². The number of halogens is 1. The lowest BCUT2D eigenvalue weighted by atomic mass is 9.86. The SMILES string of the molecule is CC(C)=C1CCC(N2CCC(N3C(=O)/C(=N\O)c4cc(F)ccc43)CC2)CC1. The lowest BCUT2D eigenvalue weighted by Crippen LogP contribution is -2.50. The van der Waals surface area contributed by atoms with E-state index >= 15 is 0 Å². The highest BCUT2D eigenvalue weighted by Gasteiger charge is 2.40. The Bertz CT molecular complexity index is 826. The molecule has 3 aliphatic rings. The predicted molar refractivity (Wildman–Crippen MR) is 107 cm³/mol. The number of carbonyl (C=O) groups is 1. The molecule has 6 heteroatoms. The third kappa shape index (κ3) is 3.34. The number of likely N-dealkylation sites (tertiary alicyclic amines) is 1. The van der Waals surface area contributed by atoms with Crippen molar-refractivity contribution in [2.45, 2.75) is 64.5 Å². The molecule has 4 rings (SSSR count). The minimum absolute atomic E-state index is 0.0570. The van der Waals surface area contributed by atoms with Gasteiger partial charge >= 0.3 is 0 Å². The van der Waals surface area contributed by atoms with Gasteiger partial charge in [0, 0.05) is 30.7 Å². The largest absolute Gasteiger partial charge is 0.410 e. The molecular weight excluding hydrogens is 357 g/mol. The van der Waals surface area contributed by atoms with Crippen molar-refractivity contribution in [2.24, 2.45) is 5.16 Å². The second-order valence-electron chi connectivity index (χ2n) is 8.39. The second-order valence-corrected chi connectivity index (χ2v) is 8.39. The van der Waals surface area contributed by atoms with Crippen LogP contribution in [0.15, 0.2) is 34.5 Å². The van der Waals surface area contributed by atoms with E-state index in [0.29, 0.717) is 17.3 Å². The molecule has 1 aliphatic carbocycles. The maximum Gasteiger partial charge on any atom is 0.281 e. The third-order valence-electron chi connectivity index (χ3n) is 6.64. The summed E-state index contributed by atoms with van der Waals surface area (Å²) >= 11 is 0. The number of hydrogen-bond acceptors (Lipinski definition) is 4. The Morgan fingerprint density at radius 2 is 1.79 bits per heavy atom. The maximum atomic E-state index is 13.6. The zero-order valence-corrected chi connectivity index (χ0v) is 16.6. The van der Waals surface area contributed by atoms with Crippen molar-refractivity contribution in [2.75, 3.05) is 18.0 Å². The maximum absolute atomic E-state index is 13.6. The highest BCUT2D eigenvalue weighted by molar-refractivity contribution is 6.54. The van der Waals surface area contributed by atoms with Crippen LogP contribution in [0.2, 0.25) is 0 Å². The number of allylic oxidation sites excluding steroid dienone is 2. The molecule has 28 heavy (non-hydrogen) atoms. The van der Waals surface area contributed by atoms with Crippen LogP contribution in [0.4, 0.5) is 10.1 Å². The Kier molecular flexibility index (Phi) is 5.23. The number of carbonyl (C=O) groups excluding carboxylic acids is 1. The average Bonchev–Trinajstić information content (AvgIpc) is 2.98. The highest BCUT2D eigenvalue weighted by Crippen LogP contribution is 2.36. The van der Waals surface area contributed by atoms with E-state index in [1.54, 1.807) is 16.5 Å². The summed E-state index contributed by atoms with van der Waals surface area (Å²) in [6, 6.07) is 4.95. The molecular formula is C22H28FN3O2. The molecule has 0 unspecified atom stereocenters. The molecule has 2 fully saturated rings. The molecule has 1 N–H and O–H groups in total. The fourth-order valence-electron chi connectivity index (χ4n) is 5.03. The minimum atomic E-state index is -0.433. The Hall–Kier alpha value is -2.21. The van der Waals surface area contributed by atoms with E-state index in [1.807, 2.05) is 0 Å². The number of amides is 1. The van der Waals surface area contributed by atoms with Crippen molar-refractivity contribution < 1.29 is 14.4 Å². The summed E-state index contributed by atoms with van der Waals surface area (Å²) in [6.45, 7) is 6.35. The summed E-state index contributed by atoms with van der Waals surface area (Å²) in [5, 5.41) is 12.4. The van der Waals surface area contributed by atoms with E-state index in [1.165, 1.54) is 43.4 Å². The number of anilines is 1. The normalized spacial score (nSPS) is 25.5. The van der Waals surface area contributed by atoms with Crippen LogP contribution in [0, 0.1) is 5.82 Å². The van der Waals surface area contributed by atoms with Crippen molar-refractivity contribution >= 4 is 17.3 Å². The minimum Gasteiger partial charge on any atom is -0.410 e.